The summed E-state index contributed by atoms with van der Waals surface area (Å²) in [5.41, 5.74) is 7.47. The van der Waals surface area contributed by atoms with Crippen LogP contribution in [-0.4, -0.2) is 23.7 Å². The normalized spacial score (nSPS) is 11.2. The summed E-state index contributed by atoms with van der Waals surface area (Å²) in [4.78, 5) is 16.6. The van der Waals surface area contributed by atoms with Gasteiger partial charge >= 0.3 is 6.09 Å². The van der Waals surface area contributed by atoms with Gasteiger partial charge in [-0.3, -0.25) is 0 Å². The fourth-order valence-electron chi connectivity index (χ4n) is 3.79. The lowest BCUT2D eigenvalue weighted by Crippen LogP contribution is -2.31. The third kappa shape index (κ3) is 4.99. The maximum atomic E-state index is 11.7. The summed E-state index contributed by atoms with van der Waals surface area (Å²) in [7, 11) is 0. The molecule has 0 saturated carbocycles. The quantitative estimate of drug-likeness (QED) is 0.348. The first kappa shape index (κ1) is 21.6. The number of aromatic nitrogens is 1. The van der Waals surface area contributed by atoms with Crippen LogP contribution in [0.2, 0.25) is 0 Å². The second kappa shape index (κ2) is 9.27. The van der Waals surface area contributed by atoms with Gasteiger partial charge in [-0.25, -0.2) is 9.78 Å². The molecule has 0 radical (unpaired) electrons. The molecule has 164 valence electrons. The van der Waals surface area contributed by atoms with Crippen LogP contribution in [0.15, 0.2) is 60.7 Å². The fourth-order valence-corrected chi connectivity index (χ4v) is 3.79. The van der Waals surface area contributed by atoms with Crippen LogP contribution in [0.5, 0.6) is 0 Å². The minimum absolute atomic E-state index is 0.0625. The Morgan fingerprint density at radius 3 is 2.53 bits per heavy atom. The predicted octanol–water partition coefficient (Wildman–Crippen LogP) is 6.43. The van der Waals surface area contributed by atoms with Gasteiger partial charge in [0.25, 0.3) is 0 Å². The molecule has 32 heavy (non-hydrogen) atoms. The van der Waals surface area contributed by atoms with E-state index in [9.17, 15) is 4.79 Å². The standard InChI is InChI=1S/C27H29N3O2/c1-17(2)28-27(31)32-13-12-20-6-5-7-21(16-20)29-26-22-10-8-19(4)15-25(22)30-24-11-9-18(3)14-23(24)26/h5-11,14-17H,12-13H2,1-4H3,(H,28,31)(H,29,30). The summed E-state index contributed by atoms with van der Waals surface area (Å²) < 4.78 is 5.28. The number of aryl methyl sites for hydroxylation is 2. The molecule has 5 nitrogen and oxygen atoms in total. The van der Waals surface area contributed by atoms with E-state index in [0.29, 0.717) is 13.0 Å². The van der Waals surface area contributed by atoms with Crippen LogP contribution >= 0.6 is 0 Å². The van der Waals surface area contributed by atoms with Gasteiger partial charge in [0, 0.05) is 28.9 Å². The van der Waals surface area contributed by atoms with Gasteiger partial charge in [0.2, 0.25) is 0 Å². The zero-order valence-corrected chi connectivity index (χ0v) is 19.0. The van der Waals surface area contributed by atoms with Crippen molar-refractivity contribution < 1.29 is 9.53 Å². The molecule has 2 N–H and O–H groups in total. The molecule has 0 aliphatic carbocycles. The number of anilines is 2. The second-order valence-electron chi connectivity index (χ2n) is 8.54. The Bertz CT molecular complexity index is 1280. The summed E-state index contributed by atoms with van der Waals surface area (Å²) in [5, 5.41) is 8.57. The minimum atomic E-state index is -0.380. The van der Waals surface area contributed by atoms with Gasteiger partial charge in [-0.1, -0.05) is 35.9 Å². The Kier molecular flexibility index (Phi) is 6.26. The first-order chi connectivity index (χ1) is 15.4. The molecule has 5 heteroatoms. The lowest BCUT2D eigenvalue weighted by atomic mass is 10.0. The molecule has 4 aromatic rings. The Labute approximate surface area is 188 Å². The van der Waals surface area contributed by atoms with Gasteiger partial charge in [-0.15, -0.1) is 0 Å². The molecule has 0 fully saturated rings. The van der Waals surface area contributed by atoms with E-state index in [0.717, 1.165) is 38.7 Å². The van der Waals surface area contributed by atoms with Gasteiger partial charge in [-0.05, 0) is 69.2 Å². The number of ether oxygens (including phenoxy) is 1. The van der Waals surface area contributed by atoms with Crippen LogP contribution < -0.4 is 10.6 Å². The highest BCUT2D eigenvalue weighted by molar-refractivity contribution is 6.09. The van der Waals surface area contributed by atoms with E-state index in [4.69, 9.17) is 9.72 Å². The molecule has 0 atom stereocenters. The number of pyridine rings is 1. The number of carbonyl (C=O) groups is 1. The SMILES string of the molecule is Cc1ccc2c(Nc3cccc(CCOC(=O)NC(C)C)c3)c3cc(C)ccc3nc2c1. The lowest BCUT2D eigenvalue weighted by molar-refractivity contribution is 0.145. The first-order valence-electron chi connectivity index (χ1n) is 11.0. The average molecular weight is 428 g/mol. The molecule has 3 aromatic carbocycles. The van der Waals surface area contributed by atoms with E-state index >= 15 is 0 Å². The predicted molar refractivity (Wildman–Crippen MR) is 132 cm³/mol. The second-order valence-corrected chi connectivity index (χ2v) is 8.54. The Balaban J connectivity index is 1.62. The molecule has 0 aliphatic heterocycles. The van der Waals surface area contributed by atoms with Crippen molar-refractivity contribution in [1.82, 2.24) is 10.3 Å². The number of nitrogens with zero attached hydrogens (tertiary/aromatic N) is 1. The van der Waals surface area contributed by atoms with Crippen LogP contribution in [0.3, 0.4) is 0 Å². The molecule has 0 aliphatic rings. The van der Waals surface area contributed by atoms with Crippen molar-refractivity contribution in [1.29, 1.82) is 0 Å². The Morgan fingerprint density at radius 2 is 1.72 bits per heavy atom. The van der Waals surface area contributed by atoms with Crippen LogP contribution in [0, 0.1) is 13.8 Å². The molecular weight excluding hydrogens is 398 g/mol. The van der Waals surface area contributed by atoms with Crippen LogP contribution in [0.25, 0.3) is 21.8 Å². The molecule has 0 unspecified atom stereocenters. The smallest absolute Gasteiger partial charge is 0.407 e. The number of alkyl carbamates (subject to hydrolysis) is 1. The number of hydrogen-bond acceptors (Lipinski definition) is 4. The lowest BCUT2D eigenvalue weighted by Gasteiger charge is -2.15. The third-order valence-electron chi connectivity index (χ3n) is 5.31. The van der Waals surface area contributed by atoms with Gasteiger partial charge in [0.05, 0.1) is 23.3 Å². The monoisotopic (exact) mass is 427 g/mol. The average Bonchev–Trinajstić information content (AvgIpc) is 2.73. The number of amides is 1. The maximum absolute atomic E-state index is 11.7. The number of fused-ring (bicyclic) bond motifs is 2. The summed E-state index contributed by atoms with van der Waals surface area (Å²) in [6, 6.07) is 21.0. The molecule has 1 heterocycles. The molecule has 0 spiro atoms. The third-order valence-corrected chi connectivity index (χ3v) is 5.31. The molecule has 1 amide bonds. The number of hydrogen-bond donors (Lipinski definition) is 2. The van der Waals surface area contributed by atoms with Crippen molar-refractivity contribution in [2.24, 2.45) is 0 Å². The van der Waals surface area contributed by atoms with Gasteiger partial charge in [0.15, 0.2) is 0 Å². The van der Waals surface area contributed by atoms with Crippen molar-refractivity contribution >= 4 is 39.3 Å². The fraction of sp³-hybridized carbons (Fsp3) is 0.259. The van der Waals surface area contributed by atoms with Gasteiger partial charge in [0.1, 0.15) is 0 Å². The Morgan fingerprint density at radius 1 is 0.938 bits per heavy atom. The summed E-state index contributed by atoms with van der Waals surface area (Å²) >= 11 is 0. The highest BCUT2D eigenvalue weighted by atomic mass is 16.5. The minimum Gasteiger partial charge on any atom is -0.449 e. The molecule has 4 rings (SSSR count). The number of benzene rings is 3. The van der Waals surface area contributed by atoms with E-state index in [1.54, 1.807) is 0 Å². The van der Waals surface area contributed by atoms with Crippen LogP contribution in [0.4, 0.5) is 16.2 Å². The molecule has 1 aromatic heterocycles. The topological polar surface area (TPSA) is 63.2 Å². The first-order valence-corrected chi connectivity index (χ1v) is 11.0. The number of nitrogens with one attached hydrogen (secondary N) is 2. The van der Waals surface area contributed by atoms with E-state index in [-0.39, 0.29) is 12.1 Å². The van der Waals surface area contributed by atoms with E-state index in [1.165, 1.54) is 11.1 Å². The highest BCUT2D eigenvalue weighted by Gasteiger charge is 2.11. The van der Waals surface area contributed by atoms with Crippen molar-refractivity contribution in [3.8, 4) is 0 Å². The maximum Gasteiger partial charge on any atom is 0.407 e. The zero-order valence-electron chi connectivity index (χ0n) is 19.0. The zero-order chi connectivity index (χ0) is 22.7. The van der Waals surface area contributed by atoms with Crippen molar-refractivity contribution in [3.63, 3.8) is 0 Å². The summed E-state index contributed by atoms with van der Waals surface area (Å²) in [5.74, 6) is 0. The van der Waals surface area contributed by atoms with Gasteiger partial charge < -0.3 is 15.4 Å². The summed E-state index contributed by atoms with van der Waals surface area (Å²) in [6.45, 7) is 8.33. The largest absolute Gasteiger partial charge is 0.449 e. The number of rotatable bonds is 6. The van der Waals surface area contributed by atoms with Crippen LogP contribution in [0.1, 0.15) is 30.5 Å². The van der Waals surface area contributed by atoms with Gasteiger partial charge in [-0.2, -0.15) is 0 Å². The highest BCUT2D eigenvalue weighted by Crippen LogP contribution is 2.34. The van der Waals surface area contributed by atoms with E-state index in [2.05, 4.69) is 73.0 Å². The number of carbonyl (C=O) groups excluding carboxylic acids is 1. The summed E-state index contributed by atoms with van der Waals surface area (Å²) in [6.07, 6.45) is 0.270. The van der Waals surface area contributed by atoms with Crippen molar-refractivity contribution in [2.45, 2.75) is 40.2 Å². The van der Waals surface area contributed by atoms with E-state index < -0.39 is 0 Å². The Hall–Kier alpha value is -3.60. The molecule has 0 bridgehead atoms. The van der Waals surface area contributed by atoms with Crippen molar-refractivity contribution in [3.05, 3.63) is 77.4 Å². The van der Waals surface area contributed by atoms with Crippen LogP contribution in [-0.2, 0) is 11.2 Å². The van der Waals surface area contributed by atoms with E-state index in [1.807, 2.05) is 26.0 Å². The van der Waals surface area contributed by atoms with Crippen molar-refractivity contribution in [2.75, 3.05) is 11.9 Å². The molecule has 0 saturated heterocycles. The molecular formula is C27H29N3O2.